The molecule has 0 radical (unpaired) electrons. The van der Waals surface area contributed by atoms with E-state index in [9.17, 15) is 29.5 Å². The first-order chi connectivity index (χ1) is 18.9. The van der Waals surface area contributed by atoms with Crippen molar-refractivity contribution in [3.8, 4) is 5.75 Å². The number of carbonyl (C=O) groups excluding carboxylic acids is 1. The van der Waals surface area contributed by atoms with Crippen LogP contribution in [0.1, 0.15) is 26.7 Å². The molecule has 0 saturated carbocycles. The smallest absolute Gasteiger partial charge is 0.323 e. The van der Waals surface area contributed by atoms with Gasteiger partial charge < -0.3 is 19.8 Å². The molecule has 1 aromatic carbocycles. The molecule has 15 heteroatoms. The molecule has 11 nitrogen and oxygen atoms in total. The van der Waals surface area contributed by atoms with E-state index in [0.29, 0.717) is 29.4 Å². The van der Waals surface area contributed by atoms with Crippen molar-refractivity contribution >= 4 is 85.4 Å². The van der Waals surface area contributed by atoms with Gasteiger partial charge in [0.2, 0.25) is 0 Å². The molecule has 212 valence electrons. The van der Waals surface area contributed by atoms with Gasteiger partial charge in [0.15, 0.2) is 4.32 Å². The van der Waals surface area contributed by atoms with Crippen molar-refractivity contribution in [3.05, 3.63) is 48.9 Å². The van der Waals surface area contributed by atoms with Crippen LogP contribution in [0.3, 0.4) is 0 Å². The zero-order valence-corrected chi connectivity index (χ0v) is 24.8. The maximum absolute atomic E-state index is 13.6. The molecule has 0 unspecified atom stereocenters. The number of ether oxygens (including phenoxy) is 1. The summed E-state index contributed by atoms with van der Waals surface area (Å²) in [6, 6.07) is 5.60. The maximum atomic E-state index is 13.6. The first kappa shape index (κ1) is 29.9. The van der Waals surface area contributed by atoms with Gasteiger partial charge in [0.25, 0.3) is 11.5 Å². The van der Waals surface area contributed by atoms with E-state index in [4.69, 9.17) is 22.1 Å². The van der Waals surface area contributed by atoms with Crippen LogP contribution in [0.5, 0.6) is 5.75 Å². The van der Waals surface area contributed by atoms with Gasteiger partial charge in [-0.3, -0.25) is 29.0 Å². The van der Waals surface area contributed by atoms with Crippen LogP contribution in [0.4, 0.5) is 5.69 Å². The van der Waals surface area contributed by atoms with Crippen LogP contribution >= 0.6 is 47.1 Å². The molecule has 4 rings (SSSR count). The van der Waals surface area contributed by atoms with E-state index in [0.717, 1.165) is 43.3 Å². The Labute approximate surface area is 246 Å². The first-order valence-electron chi connectivity index (χ1n) is 11.9. The highest BCUT2D eigenvalue weighted by Crippen LogP contribution is 2.48. The molecule has 2 aliphatic rings. The number of thiocarbonyl (C=S) groups is 1. The largest absolute Gasteiger partial charge is 0.497 e. The second kappa shape index (κ2) is 12.2. The Hall–Kier alpha value is -3.11. The third kappa shape index (κ3) is 5.98. The predicted octanol–water partition coefficient (Wildman–Crippen LogP) is 2.49. The van der Waals surface area contributed by atoms with Crippen LogP contribution in [-0.4, -0.2) is 60.9 Å². The monoisotopic (exact) mass is 623 g/mol. The number of nitrogens with zero attached hydrogens (tertiary/aromatic N) is 3. The fraction of sp³-hybridized carbons (Fsp3) is 0.320. The minimum atomic E-state index is -1.27. The molecule has 0 spiro atoms. The second-order valence-corrected chi connectivity index (χ2v) is 12.7. The van der Waals surface area contributed by atoms with E-state index < -0.39 is 29.9 Å². The van der Waals surface area contributed by atoms with Crippen LogP contribution in [0, 0.1) is 5.92 Å². The number of rotatable bonds is 9. The fourth-order valence-corrected chi connectivity index (χ4v) is 7.75. The Morgan fingerprint density at radius 2 is 1.88 bits per heavy atom. The summed E-state index contributed by atoms with van der Waals surface area (Å²) in [7, 11) is 1.56. The highest BCUT2D eigenvalue weighted by atomic mass is 32.2. The SMILES string of the molecule is COc1ccc2c(c1)N(CCCC(=O)O)/C(=C/C(=c1/s/c(=C3\SC(=S)N(O)C3=O)n(CC(=O)O)c1=O)C(C)C)S2. The third-order valence-corrected chi connectivity index (χ3v) is 9.81. The van der Waals surface area contributed by atoms with Gasteiger partial charge in [-0.2, -0.15) is 5.06 Å². The van der Waals surface area contributed by atoms with E-state index in [-0.39, 0.29) is 30.8 Å². The Morgan fingerprint density at radius 3 is 2.45 bits per heavy atom. The van der Waals surface area contributed by atoms with E-state index in [1.54, 1.807) is 7.11 Å². The normalized spacial score (nSPS) is 18.2. The lowest BCUT2D eigenvalue weighted by molar-refractivity contribution is -0.140. The Kier molecular flexibility index (Phi) is 9.09. The highest BCUT2D eigenvalue weighted by Gasteiger charge is 2.34. The fourth-order valence-electron chi connectivity index (χ4n) is 4.09. The molecule has 0 atom stereocenters. The first-order valence-corrected chi connectivity index (χ1v) is 14.8. The molecule has 1 saturated heterocycles. The van der Waals surface area contributed by atoms with Crippen LogP contribution in [0.25, 0.3) is 10.5 Å². The highest BCUT2D eigenvalue weighted by molar-refractivity contribution is 8.30. The molecule has 1 fully saturated rings. The molecule has 2 aromatic rings. The lowest BCUT2D eigenvalue weighted by atomic mass is 10.0. The van der Waals surface area contributed by atoms with Crippen molar-refractivity contribution in [2.75, 3.05) is 18.6 Å². The molecule has 0 bridgehead atoms. The Bertz CT molecular complexity index is 1620. The predicted molar refractivity (Wildman–Crippen MR) is 157 cm³/mol. The summed E-state index contributed by atoms with van der Waals surface area (Å²) in [5.74, 6) is -2.54. The third-order valence-electron chi connectivity index (χ3n) is 5.99. The number of carboxylic acids is 2. The van der Waals surface area contributed by atoms with Gasteiger partial charge in [0.1, 0.15) is 21.9 Å². The molecular formula is C25H25N3O8S4. The van der Waals surface area contributed by atoms with Crippen molar-refractivity contribution in [2.45, 2.75) is 38.1 Å². The quantitative estimate of drug-likeness (QED) is 0.278. The lowest BCUT2D eigenvalue weighted by Crippen LogP contribution is -2.36. The van der Waals surface area contributed by atoms with Gasteiger partial charge in [-0.1, -0.05) is 25.6 Å². The number of thiazole rings is 1. The number of hydrogen-bond donors (Lipinski definition) is 3. The summed E-state index contributed by atoms with van der Waals surface area (Å²) >= 11 is 8.23. The number of hydroxylamine groups is 2. The van der Waals surface area contributed by atoms with Crippen LogP contribution in [0.15, 0.2) is 39.0 Å². The van der Waals surface area contributed by atoms with Gasteiger partial charge in [-0.25, -0.2) is 0 Å². The summed E-state index contributed by atoms with van der Waals surface area (Å²) in [5.41, 5.74) is 0.885. The van der Waals surface area contributed by atoms with E-state index in [1.165, 1.54) is 11.8 Å². The number of carbonyl (C=O) groups is 3. The van der Waals surface area contributed by atoms with Crippen LogP contribution < -0.4 is 24.4 Å². The standard InChI is InChI=1S/C25H25N3O8S4/c1-12(2)14(10-17-26(8-4-5-18(29)30)15-9-13(36-3)6-7-16(15)38-17)20-22(33)27(11-19(31)32)24(39-20)21-23(34)28(35)25(37)40-21/h6-7,9-10,12,35H,4-5,8,11H2,1-3H3,(H,29,30)(H,31,32)/b17-10-,20-14-,24-21-. The molecule has 1 amide bonds. The number of hydrogen-bond acceptors (Lipinski definition) is 11. The number of benzene rings is 1. The summed E-state index contributed by atoms with van der Waals surface area (Å²) in [4.78, 5) is 51.9. The van der Waals surface area contributed by atoms with Gasteiger partial charge in [-0.15, -0.1) is 11.3 Å². The van der Waals surface area contributed by atoms with Crippen molar-refractivity contribution < 1.29 is 34.5 Å². The number of allylic oxidation sites excluding steroid dienone is 1. The van der Waals surface area contributed by atoms with E-state index >= 15 is 0 Å². The Balaban J connectivity index is 1.94. The number of anilines is 1. The summed E-state index contributed by atoms with van der Waals surface area (Å²) < 4.78 is 6.62. The zero-order chi connectivity index (χ0) is 29.3. The van der Waals surface area contributed by atoms with Crippen molar-refractivity contribution in [1.29, 1.82) is 0 Å². The van der Waals surface area contributed by atoms with Crippen molar-refractivity contribution in [1.82, 2.24) is 9.63 Å². The number of aliphatic carboxylic acids is 2. The number of fused-ring (bicyclic) bond motifs is 1. The average Bonchev–Trinajstić information content (AvgIpc) is 3.48. The van der Waals surface area contributed by atoms with Gasteiger partial charge in [0, 0.05) is 23.9 Å². The number of carboxylic acid groups (broad SMARTS) is 2. The topological polar surface area (TPSA) is 150 Å². The summed E-state index contributed by atoms with van der Waals surface area (Å²) in [6.45, 7) is 3.51. The number of amides is 1. The molecule has 3 N–H and O–H groups in total. The van der Waals surface area contributed by atoms with Gasteiger partial charge in [-0.05, 0) is 60.1 Å². The average molecular weight is 624 g/mol. The van der Waals surface area contributed by atoms with Gasteiger partial charge >= 0.3 is 11.9 Å². The number of methoxy groups -OCH3 is 1. The van der Waals surface area contributed by atoms with Crippen LogP contribution in [-0.2, 0) is 20.9 Å². The van der Waals surface area contributed by atoms with E-state index in [1.807, 2.05) is 43.0 Å². The lowest BCUT2D eigenvalue weighted by Gasteiger charge is -2.21. The van der Waals surface area contributed by atoms with Gasteiger partial charge in [0.05, 0.1) is 22.4 Å². The molecule has 0 aliphatic carbocycles. The molecule has 40 heavy (non-hydrogen) atoms. The summed E-state index contributed by atoms with van der Waals surface area (Å²) in [5, 5.41) is 29.6. The molecule has 1 aromatic heterocycles. The molecule has 2 aliphatic heterocycles. The number of aromatic nitrogens is 1. The molecular weight excluding hydrogens is 599 g/mol. The summed E-state index contributed by atoms with van der Waals surface area (Å²) in [6.07, 6.45) is 2.21. The molecule has 3 heterocycles. The maximum Gasteiger partial charge on any atom is 0.323 e. The van der Waals surface area contributed by atoms with Crippen LogP contribution in [0.2, 0.25) is 0 Å². The minimum absolute atomic E-state index is 0.0171. The van der Waals surface area contributed by atoms with Crippen molar-refractivity contribution in [3.63, 3.8) is 0 Å². The van der Waals surface area contributed by atoms with E-state index in [2.05, 4.69) is 0 Å². The second-order valence-electron chi connectivity index (χ2n) is 9.01. The number of thioether (sulfide) groups is 2. The zero-order valence-electron chi connectivity index (χ0n) is 21.6. The minimum Gasteiger partial charge on any atom is -0.497 e. The van der Waals surface area contributed by atoms with Crippen molar-refractivity contribution in [2.24, 2.45) is 5.92 Å². The Morgan fingerprint density at radius 1 is 1.15 bits per heavy atom.